The molecule has 1 N–H and O–H groups in total. The second-order valence-corrected chi connectivity index (χ2v) is 12.8. The van der Waals surface area contributed by atoms with Crippen molar-refractivity contribution in [3.63, 3.8) is 0 Å². The molecular formula is C35H41N3S2+2. The Kier molecular flexibility index (Phi) is 11.5. The Morgan fingerprint density at radius 1 is 0.675 bits per heavy atom. The third-order valence-electron chi connectivity index (χ3n) is 6.87. The van der Waals surface area contributed by atoms with Gasteiger partial charge in [0.15, 0.2) is 12.4 Å². The monoisotopic (exact) mass is 567 g/mol. The van der Waals surface area contributed by atoms with Gasteiger partial charge in [0.25, 0.3) is 0 Å². The molecule has 0 unspecified atom stereocenters. The predicted octanol–water partition coefficient (Wildman–Crippen LogP) is 7.88. The lowest BCUT2D eigenvalue weighted by Crippen LogP contribution is -2.31. The zero-order valence-corrected chi connectivity index (χ0v) is 25.8. The minimum Gasteiger partial charge on any atom is -0.384 e. The van der Waals surface area contributed by atoms with Gasteiger partial charge in [0.2, 0.25) is 11.4 Å². The Balaban J connectivity index is 1.10. The summed E-state index contributed by atoms with van der Waals surface area (Å²) in [5.41, 5.74) is 10.1. The summed E-state index contributed by atoms with van der Waals surface area (Å²) in [5, 5.41) is 3.55. The van der Waals surface area contributed by atoms with Gasteiger partial charge in [0.1, 0.15) is 14.1 Å². The minimum atomic E-state index is 0.973. The van der Waals surface area contributed by atoms with Crippen LogP contribution < -0.4 is 14.5 Å². The highest BCUT2D eigenvalue weighted by Gasteiger charge is 2.08. The van der Waals surface area contributed by atoms with E-state index in [0.717, 1.165) is 18.7 Å². The molecule has 4 aromatic rings. The highest BCUT2D eigenvalue weighted by Crippen LogP contribution is 2.23. The maximum Gasteiger partial charge on any atom is 0.207 e. The topological polar surface area (TPSA) is 19.8 Å². The quantitative estimate of drug-likeness (QED) is 0.101. The van der Waals surface area contributed by atoms with Gasteiger partial charge < -0.3 is 5.32 Å². The summed E-state index contributed by atoms with van der Waals surface area (Å²) >= 11 is 0. The third-order valence-corrected chi connectivity index (χ3v) is 9.36. The Morgan fingerprint density at radius 3 is 1.75 bits per heavy atom. The summed E-state index contributed by atoms with van der Waals surface area (Å²) in [6.07, 6.45) is 11.0. The Bertz CT molecular complexity index is 1310. The summed E-state index contributed by atoms with van der Waals surface area (Å²) in [5.74, 6) is 2.27. The van der Waals surface area contributed by atoms with Crippen molar-refractivity contribution in [1.82, 2.24) is 0 Å². The molecule has 0 amide bonds. The zero-order valence-electron chi connectivity index (χ0n) is 24.1. The number of anilines is 1. The first-order valence-corrected chi connectivity index (χ1v) is 16.4. The number of aromatic nitrogens is 2. The molecule has 2 heterocycles. The number of nitrogens with zero attached hydrogens (tertiary/aromatic N) is 2. The van der Waals surface area contributed by atoms with Crippen LogP contribution in [0, 0.1) is 0 Å². The highest BCUT2D eigenvalue weighted by molar-refractivity contribution is 8.76. The molecule has 4 rings (SSSR count). The first kappa shape index (κ1) is 29.7. The van der Waals surface area contributed by atoms with Crippen molar-refractivity contribution in [2.24, 2.45) is 14.1 Å². The van der Waals surface area contributed by atoms with E-state index in [1.165, 1.54) is 57.1 Å². The van der Waals surface area contributed by atoms with Gasteiger partial charge in [-0.05, 0) is 79.8 Å². The minimum absolute atomic E-state index is 0.973. The van der Waals surface area contributed by atoms with Crippen molar-refractivity contribution < 1.29 is 9.13 Å². The first-order chi connectivity index (χ1) is 19.5. The molecule has 0 aliphatic rings. The summed E-state index contributed by atoms with van der Waals surface area (Å²) in [4.78, 5) is 0. The Labute approximate surface area is 248 Å². The van der Waals surface area contributed by atoms with Crippen LogP contribution in [-0.4, -0.2) is 18.1 Å². The van der Waals surface area contributed by atoms with E-state index in [1.807, 2.05) is 21.6 Å². The lowest BCUT2D eigenvalue weighted by atomic mass is 10.0. The number of aryl methyl sites for hydroxylation is 3. The summed E-state index contributed by atoms with van der Waals surface area (Å²) in [7, 11) is 8.12. The predicted molar refractivity (Wildman–Crippen MR) is 177 cm³/mol. The second-order valence-electron chi connectivity index (χ2n) is 10.1. The molecule has 0 aliphatic carbocycles. The van der Waals surface area contributed by atoms with Crippen LogP contribution in [-0.2, 0) is 20.5 Å². The van der Waals surface area contributed by atoms with Gasteiger partial charge in [-0.15, -0.1) is 0 Å². The first-order valence-electron chi connectivity index (χ1n) is 13.9. The van der Waals surface area contributed by atoms with E-state index in [-0.39, 0.29) is 0 Å². The normalized spacial score (nSPS) is 12.0. The molecule has 0 atom stereocenters. The number of hydrogen-bond acceptors (Lipinski definition) is 3. The smallest absolute Gasteiger partial charge is 0.207 e. The molecule has 2 aromatic heterocycles. The molecule has 0 radical (unpaired) electrons. The maximum absolute atomic E-state index is 3.55. The number of benzene rings is 2. The SMILES string of the molecule is C/C(=C\c1ccc(CCCSSCCNc2ccc(/C=C(\C)c3cccc[n+]3C)cc2)cc1)c1cccc[n+]1C. The van der Waals surface area contributed by atoms with E-state index in [1.54, 1.807) is 0 Å². The number of allylic oxidation sites excluding steroid dienone is 2. The van der Waals surface area contributed by atoms with Crippen LogP contribution in [0.4, 0.5) is 5.69 Å². The molecule has 0 fully saturated rings. The Hall–Kier alpha value is -3.28. The summed E-state index contributed by atoms with van der Waals surface area (Å²) < 4.78 is 4.32. The summed E-state index contributed by atoms with van der Waals surface area (Å²) in [6, 6.07) is 30.3. The van der Waals surface area contributed by atoms with E-state index in [2.05, 4.69) is 152 Å². The van der Waals surface area contributed by atoms with Crippen LogP contribution in [0.15, 0.2) is 97.3 Å². The molecule has 0 saturated carbocycles. The molecule has 3 nitrogen and oxygen atoms in total. The third kappa shape index (κ3) is 9.14. The lowest BCUT2D eigenvalue weighted by molar-refractivity contribution is -0.673. The zero-order chi connectivity index (χ0) is 28.2. The van der Waals surface area contributed by atoms with Gasteiger partial charge in [-0.2, -0.15) is 0 Å². The van der Waals surface area contributed by atoms with E-state index < -0.39 is 0 Å². The van der Waals surface area contributed by atoms with Gasteiger partial charge in [0.05, 0.1) is 0 Å². The van der Waals surface area contributed by atoms with E-state index >= 15 is 0 Å². The fraction of sp³-hybridized carbons (Fsp3) is 0.257. The molecule has 2 aromatic carbocycles. The largest absolute Gasteiger partial charge is 0.384 e. The van der Waals surface area contributed by atoms with E-state index in [0.29, 0.717) is 0 Å². The molecule has 0 aliphatic heterocycles. The molecule has 5 heteroatoms. The fourth-order valence-corrected chi connectivity index (χ4v) is 6.68. The number of nitrogens with one attached hydrogen (secondary N) is 1. The van der Waals surface area contributed by atoms with Crippen molar-refractivity contribution in [3.05, 3.63) is 125 Å². The van der Waals surface area contributed by atoms with Crippen LogP contribution in [0.5, 0.6) is 0 Å². The van der Waals surface area contributed by atoms with Gasteiger partial charge in [-0.3, -0.25) is 0 Å². The number of hydrogen-bond donors (Lipinski definition) is 1. The van der Waals surface area contributed by atoms with Gasteiger partial charge in [-0.1, -0.05) is 58.0 Å². The van der Waals surface area contributed by atoms with Crippen molar-refractivity contribution in [3.8, 4) is 0 Å². The average Bonchev–Trinajstić information content (AvgIpc) is 2.96. The van der Waals surface area contributed by atoms with E-state index in [4.69, 9.17) is 0 Å². The standard InChI is InChI=1S/C35H40N3S2/c1-28(34-11-5-7-22-37(34)3)26-31-15-13-30(14-16-31)10-9-24-39-40-25-21-36-33-19-17-32(18-20-33)27-29(2)35-12-6-8-23-38(35)4/h5-8,11-20,22-23,26-27H,9-10,21,24-25H2,1-4H3/q+1/p+1/b28-26+. The average molecular weight is 568 g/mol. The van der Waals surface area contributed by atoms with Crippen molar-refractivity contribution in [2.45, 2.75) is 26.7 Å². The van der Waals surface area contributed by atoms with Crippen molar-refractivity contribution in [2.75, 3.05) is 23.4 Å². The highest BCUT2D eigenvalue weighted by atomic mass is 33.1. The fourth-order valence-electron chi connectivity index (χ4n) is 4.68. The molecule has 0 saturated heterocycles. The lowest BCUT2D eigenvalue weighted by Gasteiger charge is -2.07. The van der Waals surface area contributed by atoms with Crippen LogP contribution in [0.25, 0.3) is 23.3 Å². The Morgan fingerprint density at radius 2 is 1.20 bits per heavy atom. The number of pyridine rings is 2. The summed E-state index contributed by atoms with van der Waals surface area (Å²) in [6.45, 7) is 5.32. The molecular weight excluding hydrogens is 527 g/mol. The van der Waals surface area contributed by atoms with Crippen LogP contribution in [0.2, 0.25) is 0 Å². The van der Waals surface area contributed by atoms with Gasteiger partial charge >= 0.3 is 0 Å². The van der Waals surface area contributed by atoms with Crippen molar-refractivity contribution >= 4 is 50.6 Å². The van der Waals surface area contributed by atoms with Gasteiger partial charge in [0, 0.05) is 59.1 Å². The molecule has 0 bridgehead atoms. The molecule has 0 spiro atoms. The maximum atomic E-state index is 3.55. The van der Waals surface area contributed by atoms with Crippen LogP contribution in [0.3, 0.4) is 0 Å². The van der Waals surface area contributed by atoms with Crippen molar-refractivity contribution in [1.29, 1.82) is 0 Å². The molecule has 40 heavy (non-hydrogen) atoms. The number of rotatable bonds is 13. The molecule has 206 valence electrons. The van der Waals surface area contributed by atoms with Crippen LogP contribution >= 0.6 is 21.6 Å². The second kappa shape index (κ2) is 15.5. The van der Waals surface area contributed by atoms with E-state index in [9.17, 15) is 0 Å². The van der Waals surface area contributed by atoms with Crippen LogP contribution in [0.1, 0.15) is 48.3 Å². The van der Waals surface area contributed by atoms with Gasteiger partial charge in [-0.25, -0.2) is 9.13 Å².